The van der Waals surface area contributed by atoms with Crippen LogP contribution in [-0.2, 0) is 0 Å². The van der Waals surface area contributed by atoms with Gasteiger partial charge in [0.15, 0.2) is 10.8 Å². The number of anilines is 1. The first kappa shape index (κ1) is 15.7. The minimum absolute atomic E-state index is 0.107. The summed E-state index contributed by atoms with van der Waals surface area (Å²) >= 11 is 9.25. The average Bonchev–Trinajstić information content (AvgIpc) is 3.22. The van der Waals surface area contributed by atoms with Gasteiger partial charge in [0.05, 0.1) is 5.69 Å². The fourth-order valence-corrected chi connectivity index (χ4v) is 4.47. The lowest BCUT2D eigenvalue weighted by atomic mass is 10.2. The third-order valence-electron chi connectivity index (χ3n) is 3.70. The smallest absolute Gasteiger partial charge is 0.277 e. The number of halogens is 1. The lowest BCUT2D eigenvalue weighted by molar-refractivity contribution is 0.0983. The lowest BCUT2D eigenvalue weighted by Crippen LogP contribution is -2.35. The van der Waals surface area contributed by atoms with Crippen LogP contribution in [0.2, 0.25) is 5.02 Å². The van der Waals surface area contributed by atoms with Crippen molar-refractivity contribution in [2.45, 2.75) is 11.8 Å². The highest BCUT2D eigenvalue weighted by Crippen LogP contribution is 2.37. The Morgan fingerprint density at radius 3 is 3.00 bits per heavy atom. The van der Waals surface area contributed by atoms with Gasteiger partial charge in [0, 0.05) is 27.6 Å². The number of aryl methyl sites for hydroxylation is 1. The summed E-state index contributed by atoms with van der Waals surface area (Å²) in [7, 11) is 0. The van der Waals surface area contributed by atoms with Crippen molar-refractivity contribution in [3.63, 3.8) is 0 Å². The third-order valence-corrected chi connectivity index (χ3v) is 5.84. The van der Waals surface area contributed by atoms with Crippen molar-refractivity contribution in [1.29, 1.82) is 0 Å². The Balaban J connectivity index is 1.66. The molecule has 1 aliphatic rings. The molecule has 0 saturated heterocycles. The maximum atomic E-state index is 12.9. The number of nitrogens with zero attached hydrogens (tertiary/aromatic N) is 2. The number of fused-ring (bicyclic) bond motifs is 1. The van der Waals surface area contributed by atoms with Gasteiger partial charge in [-0.3, -0.25) is 4.79 Å². The van der Waals surface area contributed by atoms with Gasteiger partial charge in [-0.25, -0.2) is 4.98 Å². The molecule has 2 aromatic heterocycles. The topological polar surface area (TPSA) is 46.3 Å². The second kappa shape index (κ2) is 6.27. The lowest BCUT2D eigenvalue weighted by Gasteiger charge is -2.28. The average molecular weight is 377 g/mol. The molecule has 1 aliphatic heterocycles. The van der Waals surface area contributed by atoms with E-state index in [4.69, 9.17) is 16.0 Å². The maximum Gasteiger partial charge on any atom is 0.277 e. The highest BCUT2D eigenvalue weighted by molar-refractivity contribution is 7.99. The van der Waals surface area contributed by atoms with Crippen LogP contribution in [0.1, 0.15) is 16.2 Å². The Bertz CT molecular complexity index is 919. The molecule has 7 heteroatoms. The van der Waals surface area contributed by atoms with E-state index in [1.165, 1.54) is 11.3 Å². The summed E-state index contributed by atoms with van der Waals surface area (Å²) < 4.78 is 5.58. The molecule has 1 aromatic carbocycles. The fourth-order valence-electron chi connectivity index (χ4n) is 2.57. The molecule has 0 bridgehead atoms. The second-order valence-electron chi connectivity index (χ2n) is 5.37. The van der Waals surface area contributed by atoms with E-state index in [1.807, 2.05) is 37.3 Å². The molecule has 3 heterocycles. The van der Waals surface area contributed by atoms with Crippen molar-refractivity contribution in [2.24, 2.45) is 0 Å². The summed E-state index contributed by atoms with van der Waals surface area (Å²) in [5.41, 5.74) is 1.29. The van der Waals surface area contributed by atoms with Crippen LogP contribution in [0.15, 0.2) is 45.0 Å². The Kier molecular flexibility index (Phi) is 4.12. The molecule has 0 aliphatic carbocycles. The van der Waals surface area contributed by atoms with Gasteiger partial charge in [-0.1, -0.05) is 11.6 Å². The van der Waals surface area contributed by atoms with E-state index in [2.05, 4.69) is 4.98 Å². The van der Waals surface area contributed by atoms with E-state index in [0.717, 1.165) is 22.1 Å². The number of carbonyl (C=O) groups is 1. The summed E-state index contributed by atoms with van der Waals surface area (Å²) in [5, 5.41) is 3.12. The quantitative estimate of drug-likeness (QED) is 0.623. The highest BCUT2D eigenvalue weighted by Gasteiger charge is 2.26. The van der Waals surface area contributed by atoms with Crippen LogP contribution < -0.4 is 4.90 Å². The predicted octanol–water partition coefficient (Wildman–Crippen LogP) is 5.12. The minimum atomic E-state index is -0.107. The van der Waals surface area contributed by atoms with Crippen LogP contribution in [0.25, 0.3) is 10.8 Å². The fraction of sp³-hybridized carbons (Fsp3) is 0.176. The first-order valence-electron chi connectivity index (χ1n) is 7.38. The summed E-state index contributed by atoms with van der Waals surface area (Å²) in [6, 6.07) is 9.40. The number of amides is 1. The van der Waals surface area contributed by atoms with Crippen LogP contribution in [0, 0.1) is 6.92 Å². The Morgan fingerprint density at radius 2 is 2.21 bits per heavy atom. The number of benzene rings is 1. The molecule has 0 spiro atoms. The van der Waals surface area contributed by atoms with Crippen LogP contribution >= 0.6 is 34.7 Å². The normalized spacial score (nSPS) is 13.8. The van der Waals surface area contributed by atoms with Crippen molar-refractivity contribution in [3.05, 3.63) is 52.2 Å². The number of aromatic nitrogens is 1. The molecular weight excluding hydrogens is 364 g/mol. The number of hydrogen-bond acceptors (Lipinski definition) is 5. The summed E-state index contributed by atoms with van der Waals surface area (Å²) in [4.78, 5) is 20.2. The van der Waals surface area contributed by atoms with Gasteiger partial charge in [0.2, 0.25) is 0 Å². The van der Waals surface area contributed by atoms with Gasteiger partial charge < -0.3 is 9.32 Å². The zero-order chi connectivity index (χ0) is 16.7. The number of carbonyl (C=O) groups excluding carboxylic acids is 1. The minimum Gasteiger partial charge on any atom is -0.459 e. The van der Waals surface area contributed by atoms with Gasteiger partial charge >= 0.3 is 0 Å². The van der Waals surface area contributed by atoms with Crippen molar-refractivity contribution < 1.29 is 9.21 Å². The van der Waals surface area contributed by atoms with E-state index in [0.29, 0.717) is 28.0 Å². The van der Waals surface area contributed by atoms with Crippen molar-refractivity contribution in [2.75, 3.05) is 17.2 Å². The number of thioether (sulfide) groups is 1. The summed E-state index contributed by atoms with van der Waals surface area (Å²) in [6.45, 7) is 2.53. The van der Waals surface area contributed by atoms with E-state index in [-0.39, 0.29) is 5.91 Å². The Labute approximate surface area is 152 Å². The van der Waals surface area contributed by atoms with Crippen LogP contribution in [-0.4, -0.2) is 23.2 Å². The predicted molar refractivity (Wildman–Crippen MR) is 98.4 cm³/mol. The first-order valence-corrected chi connectivity index (χ1v) is 9.63. The molecule has 0 saturated carbocycles. The van der Waals surface area contributed by atoms with Gasteiger partial charge in [-0.05, 0) is 37.3 Å². The molecule has 122 valence electrons. The Hall–Kier alpha value is -1.76. The van der Waals surface area contributed by atoms with Gasteiger partial charge in [0.25, 0.3) is 5.91 Å². The molecule has 0 atom stereocenters. The summed E-state index contributed by atoms with van der Waals surface area (Å²) in [5.74, 6) is 2.26. The molecule has 0 unspecified atom stereocenters. The molecule has 0 radical (unpaired) electrons. The monoisotopic (exact) mass is 376 g/mol. The van der Waals surface area contributed by atoms with Crippen LogP contribution in [0.4, 0.5) is 5.69 Å². The van der Waals surface area contributed by atoms with Crippen molar-refractivity contribution >= 4 is 46.3 Å². The number of thiazole rings is 1. The van der Waals surface area contributed by atoms with Gasteiger partial charge in [0.1, 0.15) is 11.5 Å². The molecular formula is C17H13ClN2O2S2. The SMILES string of the molecule is Cc1ccc(-c2nc(C(=O)N3CCSc4ccc(Cl)cc43)cs2)o1. The van der Waals surface area contributed by atoms with Crippen LogP contribution in [0.3, 0.4) is 0 Å². The molecule has 3 aromatic rings. The molecule has 0 fully saturated rings. The van der Waals surface area contributed by atoms with E-state index in [1.54, 1.807) is 22.0 Å². The zero-order valence-electron chi connectivity index (χ0n) is 12.8. The standard InChI is InChI=1S/C17H13ClN2O2S2/c1-10-2-4-14(22-10)16-19-12(9-24-16)17(21)20-6-7-23-15-5-3-11(18)8-13(15)20/h2-5,8-9H,6-7H2,1H3. The van der Waals surface area contributed by atoms with Gasteiger partial charge in [-0.2, -0.15) is 0 Å². The zero-order valence-corrected chi connectivity index (χ0v) is 15.2. The van der Waals surface area contributed by atoms with Crippen molar-refractivity contribution in [3.8, 4) is 10.8 Å². The largest absolute Gasteiger partial charge is 0.459 e. The molecule has 0 N–H and O–H groups in total. The number of furan rings is 1. The maximum absolute atomic E-state index is 12.9. The molecule has 4 rings (SSSR count). The molecule has 1 amide bonds. The van der Waals surface area contributed by atoms with Crippen molar-refractivity contribution in [1.82, 2.24) is 4.98 Å². The van der Waals surface area contributed by atoms with E-state index < -0.39 is 0 Å². The number of rotatable bonds is 2. The second-order valence-corrected chi connectivity index (χ2v) is 7.80. The molecule has 4 nitrogen and oxygen atoms in total. The highest BCUT2D eigenvalue weighted by atomic mass is 35.5. The third kappa shape index (κ3) is 2.85. The first-order chi connectivity index (χ1) is 11.6. The van der Waals surface area contributed by atoms with E-state index in [9.17, 15) is 4.79 Å². The van der Waals surface area contributed by atoms with Gasteiger partial charge in [-0.15, -0.1) is 23.1 Å². The van der Waals surface area contributed by atoms with E-state index >= 15 is 0 Å². The Morgan fingerprint density at radius 1 is 1.33 bits per heavy atom. The molecule has 24 heavy (non-hydrogen) atoms. The van der Waals surface area contributed by atoms with Crippen LogP contribution in [0.5, 0.6) is 0 Å². The summed E-state index contributed by atoms with van der Waals surface area (Å²) in [6.07, 6.45) is 0. The number of hydrogen-bond donors (Lipinski definition) is 0.